The van der Waals surface area contributed by atoms with Crippen molar-refractivity contribution in [2.24, 2.45) is 5.73 Å². The summed E-state index contributed by atoms with van der Waals surface area (Å²) >= 11 is 0. The second-order valence-electron chi connectivity index (χ2n) is 4.37. The summed E-state index contributed by atoms with van der Waals surface area (Å²) in [6.07, 6.45) is 1.71. The first-order valence-corrected chi connectivity index (χ1v) is 5.29. The van der Waals surface area contributed by atoms with Gasteiger partial charge in [0.25, 0.3) is 0 Å². The molecule has 0 unspecified atom stereocenters. The molecule has 88 valence electrons. The molecule has 0 radical (unpaired) electrons. The normalized spacial score (nSPS) is 11.4. The molecule has 1 heterocycles. The highest BCUT2D eigenvalue weighted by Gasteiger charge is 2.25. The maximum Gasteiger partial charge on any atom is 0.242 e. The van der Waals surface area contributed by atoms with Crippen LogP contribution in [0.15, 0.2) is 30.5 Å². The number of anilines is 1. The summed E-state index contributed by atoms with van der Waals surface area (Å²) in [4.78, 5) is 19.7. The number of nitrogens with two attached hydrogens (primary N) is 1. The van der Waals surface area contributed by atoms with Gasteiger partial charge < -0.3 is 11.1 Å². The molecule has 0 saturated heterocycles. The average Bonchev–Trinajstić information content (AvgIpc) is 2.28. The van der Waals surface area contributed by atoms with Gasteiger partial charge in [0.05, 0.1) is 5.52 Å². The number of hydrogen-bond donors (Lipinski definition) is 2. The predicted octanol–water partition coefficient (Wildman–Crippen LogP) is 1.31. The number of aromatic nitrogens is 2. The van der Waals surface area contributed by atoms with Gasteiger partial charge in [0.1, 0.15) is 5.54 Å². The van der Waals surface area contributed by atoms with Crippen LogP contribution in [0, 0.1) is 0 Å². The molecule has 2 aromatic rings. The zero-order valence-corrected chi connectivity index (χ0v) is 9.77. The van der Waals surface area contributed by atoms with Gasteiger partial charge in [0, 0.05) is 11.6 Å². The Bertz CT molecular complexity index is 565. The molecular weight excluding hydrogens is 216 g/mol. The number of hydrogen-bond acceptors (Lipinski definition) is 4. The van der Waals surface area contributed by atoms with Gasteiger partial charge in [-0.1, -0.05) is 18.2 Å². The van der Waals surface area contributed by atoms with E-state index in [0.717, 1.165) is 10.9 Å². The Morgan fingerprint density at radius 2 is 2.06 bits per heavy atom. The van der Waals surface area contributed by atoms with Crippen molar-refractivity contribution in [1.29, 1.82) is 0 Å². The van der Waals surface area contributed by atoms with Crippen LogP contribution >= 0.6 is 0 Å². The van der Waals surface area contributed by atoms with Crippen LogP contribution in [0.25, 0.3) is 10.9 Å². The first-order chi connectivity index (χ1) is 7.99. The molecule has 0 atom stereocenters. The van der Waals surface area contributed by atoms with E-state index < -0.39 is 11.4 Å². The van der Waals surface area contributed by atoms with Gasteiger partial charge in [-0.2, -0.15) is 0 Å². The molecule has 1 aromatic carbocycles. The van der Waals surface area contributed by atoms with E-state index in [4.69, 9.17) is 5.73 Å². The number of primary amides is 1. The number of para-hydroxylation sites is 1. The molecule has 1 amide bonds. The SMILES string of the molecule is CC(C)(Nc1ncc2ccccc2n1)C(N)=O. The molecule has 0 aliphatic carbocycles. The standard InChI is InChI=1S/C12H14N4O/c1-12(2,10(13)17)16-11-14-7-8-5-3-4-6-9(8)15-11/h3-7H,1-2H3,(H2,13,17)(H,14,15,16). The summed E-state index contributed by atoms with van der Waals surface area (Å²) in [6.45, 7) is 3.38. The lowest BCUT2D eigenvalue weighted by Crippen LogP contribution is -2.45. The molecule has 17 heavy (non-hydrogen) atoms. The number of nitrogens with zero attached hydrogens (tertiary/aromatic N) is 2. The number of rotatable bonds is 3. The third-order valence-corrected chi connectivity index (χ3v) is 2.53. The number of nitrogens with one attached hydrogen (secondary N) is 1. The zero-order chi connectivity index (χ0) is 12.5. The predicted molar refractivity (Wildman–Crippen MR) is 66.4 cm³/mol. The second-order valence-corrected chi connectivity index (χ2v) is 4.37. The Labute approximate surface area is 99.1 Å². The van der Waals surface area contributed by atoms with E-state index in [1.807, 2.05) is 24.3 Å². The lowest BCUT2D eigenvalue weighted by molar-refractivity contribution is -0.121. The Morgan fingerprint density at radius 3 is 2.76 bits per heavy atom. The Balaban J connectivity index is 2.34. The van der Waals surface area contributed by atoms with Crippen LogP contribution in [0.1, 0.15) is 13.8 Å². The summed E-state index contributed by atoms with van der Waals surface area (Å²) in [7, 11) is 0. The highest BCUT2D eigenvalue weighted by atomic mass is 16.1. The van der Waals surface area contributed by atoms with Crippen LogP contribution < -0.4 is 11.1 Å². The van der Waals surface area contributed by atoms with Gasteiger partial charge >= 0.3 is 0 Å². The van der Waals surface area contributed by atoms with Gasteiger partial charge in [0.15, 0.2) is 0 Å². The highest BCUT2D eigenvalue weighted by molar-refractivity contribution is 5.86. The summed E-state index contributed by atoms with van der Waals surface area (Å²) in [5, 5.41) is 3.87. The van der Waals surface area contributed by atoms with Crippen molar-refractivity contribution in [2.75, 3.05) is 5.32 Å². The minimum Gasteiger partial charge on any atom is -0.368 e. The molecular formula is C12H14N4O. The fourth-order valence-corrected chi connectivity index (χ4v) is 1.37. The minimum atomic E-state index is -0.873. The fourth-order valence-electron chi connectivity index (χ4n) is 1.37. The Morgan fingerprint density at radius 1 is 1.35 bits per heavy atom. The lowest BCUT2D eigenvalue weighted by Gasteiger charge is -2.22. The maximum absolute atomic E-state index is 11.2. The molecule has 5 nitrogen and oxygen atoms in total. The van der Waals surface area contributed by atoms with Gasteiger partial charge in [-0.25, -0.2) is 9.97 Å². The highest BCUT2D eigenvalue weighted by Crippen LogP contribution is 2.15. The third kappa shape index (κ3) is 2.33. The van der Waals surface area contributed by atoms with Gasteiger partial charge in [0.2, 0.25) is 11.9 Å². The summed E-state index contributed by atoms with van der Waals surface area (Å²) in [5.74, 6) is -0.0539. The maximum atomic E-state index is 11.2. The quantitative estimate of drug-likeness (QED) is 0.832. The monoisotopic (exact) mass is 230 g/mol. The smallest absolute Gasteiger partial charge is 0.242 e. The largest absolute Gasteiger partial charge is 0.368 e. The first-order valence-electron chi connectivity index (χ1n) is 5.29. The first kappa shape index (κ1) is 11.3. The number of fused-ring (bicyclic) bond motifs is 1. The van der Waals surface area contributed by atoms with E-state index in [2.05, 4.69) is 15.3 Å². The van der Waals surface area contributed by atoms with Crippen molar-refractivity contribution in [1.82, 2.24) is 9.97 Å². The summed E-state index contributed by atoms with van der Waals surface area (Å²) in [5.41, 5.74) is 5.23. The third-order valence-electron chi connectivity index (χ3n) is 2.53. The number of carbonyl (C=O) groups excluding carboxylic acids is 1. The molecule has 0 aliphatic rings. The average molecular weight is 230 g/mol. The van der Waals surface area contributed by atoms with Crippen molar-refractivity contribution in [3.05, 3.63) is 30.5 Å². The molecule has 3 N–H and O–H groups in total. The molecule has 0 fully saturated rings. The van der Waals surface area contributed by atoms with E-state index in [1.165, 1.54) is 0 Å². The number of amides is 1. The minimum absolute atomic E-state index is 0.396. The Hall–Kier alpha value is -2.17. The summed E-state index contributed by atoms with van der Waals surface area (Å²) < 4.78 is 0. The molecule has 5 heteroatoms. The lowest BCUT2D eigenvalue weighted by atomic mass is 10.1. The zero-order valence-electron chi connectivity index (χ0n) is 9.77. The summed E-state index contributed by atoms with van der Waals surface area (Å²) in [6, 6.07) is 7.64. The molecule has 0 spiro atoms. The molecule has 0 aliphatic heterocycles. The van der Waals surface area contributed by atoms with Crippen LogP contribution in [0.4, 0.5) is 5.95 Å². The number of carbonyl (C=O) groups is 1. The molecule has 1 aromatic heterocycles. The molecule has 2 rings (SSSR count). The van der Waals surface area contributed by atoms with E-state index in [-0.39, 0.29) is 0 Å². The van der Waals surface area contributed by atoms with Gasteiger partial charge in [-0.15, -0.1) is 0 Å². The molecule has 0 bridgehead atoms. The van der Waals surface area contributed by atoms with Crippen molar-refractivity contribution >= 4 is 22.8 Å². The van der Waals surface area contributed by atoms with E-state index >= 15 is 0 Å². The van der Waals surface area contributed by atoms with Gasteiger partial charge in [-0.3, -0.25) is 4.79 Å². The van der Waals surface area contributed by atoms with Crippen molar-refractivity contribution in [3.8, 4) is 0 Å². The molecule has 0 saturated carbocycles. The van der Waals surface area contributed by atoms with Crippen molar-refractivity contribution in [2.45, 2.75) is 19.4 Å². The Kier molecular flexibility index (Phi) is 2.67. The van der Waals surface area contributed by atoms with Gasteiger partial charge in [-0.05, 0) is 19.9 Å². The number of benzene rings is 1. The van der Waals surface area contributed by atoms with Crippen LogP contribution in [-0.2, 0) is 4.79 Å². The van der Waals surface area contributed by atoms with Crippen LogP contribution in [-0.4, -0.2) is 21.4 Å². The van der Waals surface area contributed by atoms with E-state index in [9.17, 15) is 4.79 Å². The van der Waals surface area contributed by atoms with Crippen LogP contribution in [0.3, 0.4) is 0 Å². The van der Waals surface area contributed by atoms with E-state index in [0.29, 0.717) is 5.95 Å². The van der Waals surface area contributed by atoms with Crippen LogP contribution in [0.5, 0.6) is 0 Å². The van der Waals surface area contributed by atoms with Crippen molar-refractivity contribution < 1.29 is 4.79 Å². The fraction of sp³-hybridized carbons (Fsp3) is 0.250. The van der Waals surface area contributed by atoms with Crippen LogP contribution in [0.2, 0.25) is 0 Å². The topological polar surface area (TPSA) is 80.9 Å². The van der Waals surface area contributed by atoms with Crippen molar-refractivity contribution in [3.63, 3.8) is 0 Å². The second kappa shape index (κ2) is 4.01. The van der Waals surface area contributed by atoms with E-state index in [1.54, 1.807) is 20.0 Å².